The van der Waals surface area contributed by atoms with Crippen LogP contribution in [0.3, 0.4) is 0 Å². The van der Waals surface area contributed by atoms with E-state index in [9.17, 15) is 0 Å². The average Bonchev–Trinajstić information content (AvgIpc) is 2.54. The van der Waals surface area contributed by atoms with Crippen LogP contribution in [0.5, 0.6) is 0 Å². The summed E-state index contributed by atoms with van der Waals surface area (Å²) in [5.41, 5.74) is 9.01. The molecule has 0 unspecified atom stereocenters. The van der Waals surface area contributed by atoms with Crippen LogP contribution in [0.15, 0.2) is 77.7 Å². The maximum absolute atomic E-state index is 5.87. The van der Waals surface area contributed by atoms with Gasteiger partial charge in [0.2, 0.25) is 0 Å². The molecular weight excluding hydrogens is 286 g/mol. The maximum atomic E-state index is 5.87. The van der Waals surface area contributed by atoms with Crippen molar-refractivity contribution in [2.24, 2.45) is 0 Å². The standard InChI is InChI=1S/C20H15NS/c21-16-9-8-14-11-19(20(22)12-15(14)10-16)18-7-3-5-13-4-1-2-6-17(13)18/h1-12,22H,21H2. The van der Waals surface area contributed by atoms with Crippen molar-refractivity contribution in [3.8, 4) is 11.1 Å². The summed E-state index contributed by atoms with van der Waals surface area (Å²) in [5.74, 6) is 0. The zero-order valence-corrected chi connectivity index (χ0v) is 12.8. The van der Waals surface area contributed by atoms with Gasteiger partial charge in [0, 0.05) is 10.6 Å². The fraction of sp³-hybridized carbons (Fsp3) is 0. The van der Waals surface area contributed by atoms with Crippen molar-refractivity contribution >= 4 is 39.9 Å². The SMILES string of the molecule is Nc1ccc2cc(-c3cccc4ccccc34)c(S)cc2c1. The van der Waals surface area contributed by atoms with Gasteiger partial charge in [-0.2, -0.15) is 0 Å². The Morgan fingerprint density at radius 2 is 1.45 bits per heavy atom. The molecule has 0 saturated heterocycles. The molecule has 2 N–H and O–H groups in total. The predicted molar refractivity (Wildman–Crippen MR) is 98.6 cm³/mol. The van der Waals surface area contributed by atoms with Gasteiger partial charge in [-0.15, -0.1) is 12.6 Å². The van der Waals surface area contributed by atoms with Gasteiger partial charge in [0.15, 0.2) is 0 Å². The van der Waals surface area contributed by atoms with Crippen molar-refractivity contribution in [1.29, 1.82) is 0 Å². The first-order valence-electron chi connectivity index (χ1n) is 7.23. The Morgan fingerprint density at radius 1 is 0.636 bits per heavy atom. The molecule has 0 radical (unpaired) electrons. The summed E-state index contributed by atoms with van der Waals surface area (Å²) in [6, 6.07) is 25.1. The lowest BCUT2D eigenvalue weighted by Crippen LogP contribution is -1.87. The summed E-state index contributed by atoms with van der Waals surface area (Å²) < 4.78 is 0. The molecule has 4 rings (SSSR count). The van der Waals surface area contributed by atoms with Crippen LogP contribution in [-0.2, 0) is 0 Å². The molecule has 0 aliphatic rings. The first-order chi connectivity index (χ1) is 10.7. The average molecular weight is 301 g/mol. The van der Waals surface area contributed by atoms with Gasteiger partial charge in [0.1, 0.15) is 0 Å². The van der Waals surface area contributed by atoms with Crippen molar-refractivity contribution in [1.82, 2.24) is 0 Å². The van der Waals surface area contributed by atoms with E-state index >= 15 is 0 Å². The molecule has 4 aromatic carbocycles. The van der Waals surface area contributed by atoms with E-state index in [1.54, 1.807) is 0 Å². The largest absolute Gasteiger partial charge is 0.399 e. The van der Waals surface area contributed by atoms with E-state index < -0.39 is 0 Å². The molecule has 0 bridgehead atoms. The Balaban J connectivity index is 2.04. The number of thiol groups is 1. The van der Waals surface area contributed by atoms with Crippen LogP contribution in [0.4, 0.5) is 5.69 Å². The molecular formula is C20H15NS. The van der Waals surface area contributed by atoms with Crippen LogP contribution in [0, 0.1) is 0 Å². The lowest BCUT2D eigenvalue weighted by molar-refractivity contribution is 1.51. The second kappa shape index (κ2) is 5.08. The van der Waals surface area contributed by atoms with E-state index in [1.165, 1.54) is 21.7 Å². The molecule has 0 aliphatic heterocycles. The molecule has 1 nitrogen and oxygen atoms in total. The van der Waals surface area contributed by atoms with Crippen molar-refractivity contribution in [3.63, 3.8) is 0 Å². The van der Waals surface area contributed by atoms with E-state index in [-0.39, 0.29) is 0 Å². The summed E-state index contributed by atoms with van der Waals surface area (Å²) in [5, 5.41) is 4.78. The van der Waals surface area contributed by atoms with Crippen molar-refractivity contribution in [3.05, 3.63) is 72.8 Å². The highest BCUT2D eigenvalue weighted by molar-refractivity contribution is 7.80. The number of hydrogen-bond donors (Lipinski definition) is 2. The van der Waals surface area contributed by atoms with Gasteiger partial charge < -0.3 is 5.73 Å². The van der Waals surface area contributed by atoms with Gasteiger partial charge in [-0.3, -0.25) is 0 Å². The van der Waals surface area contributed by atoms with Crippen LogP contribution in [0.1, 0.15) is 0 Å². The van der Waals surface area contributed by atoms with E-state index in [4.69, 9.17) is 18.4 Å². The number of nitrogen functional groups attached to an aromatic ring is 1. The lowest BCUT2D eigenvalue weighted by Gasteiger charge is -2.11. The van der Waals surface area contributed by atoms with Gasteiger partial charge in [-0.25, -0.2) is 0 Å². The number of benzene rings is 4. The summed E-state index contributed by atoms with van der Waals surface area (Å²) >= 11 is 4.70. The van der Waals surface area contributed by atoms with Gasteiger partial charge in [0.05, 0.1) is 0 Å². The van der Waals surface area contributed by atoms with Gasteiger partial charge >= 0.3 is 0 Å². The minimum absolute atomic E-state index is 0.776. The molecule has 4 aromatic rings. The second-order valence-electron chi connectivity index (χ2n) is 5.50. The Bertz CT molecular complexity index is 1000. The van der Waals surface area contributed by atoms with Crippen LogP contribution < -0.4 is 5.73 Å². The van der Waals surface area contributed by atoms with Crippen molar-refractivity contribution < 1.29 is 0 Å². The Labute approximate surface area is 134 Å². The molecule has 106 valence electrons. The number of rotatable bonds is 1. The molecule has 0 amide bonds. The highest BCUT2D eigenvalue weighted by Crippen LogP contribution is 2.35. The minimum Gasteiger partial charge on any atom is -0.399 e. The number of nitrogens with two attached hydrogens (primary N) is 1. The van der Waals surface area contributed by atoms with Crippen LogP contribution in [0.25, 0.3) is 32.7 Å². The molecule has 0 saturated carbocycles. The molecule has 0 aromatic heterocycles. The zero-order valence-electron chi connectivity index (χ0n) is 12.0. The zero-order chi connectivity index (χ0) is 15.1. The second-order valence-corrected chi connectivity index (χ2v) is 5.98. The maximum Gasteiger partial charge on any atom is 0.0320 e. The first-order valence-corrected chi connectivity index (χ1v) is 7.67. The summed E-state index contributed by atoms with van der Waals surface area (Å²) in [6.45, 7) is 0. The van der Waals surface area contributed by atoms with E-state index in [1.807, 2.05) is 12.1 Å². The Morgan fingerprint density at radius 3 is 2.36 bits per heavy atom. The number of fused-ring (bicyclic) bond motifs is 2. The number of hydrogen-bond acceptors (Lipinski definition) is 2. The van der Waals surface area contributed by atoms with Gasteiger partial charge in [-0.05, 0) is 56.9 Å². The Hall–Kier alpha value is -2.45. The molecule has 0 atom stereocenters. The molecule has 0 heterocycles. The summed E-state index contributed by atoms with van der Waals surface area (Å²) in [7, 11) is 0. The van der Waals surface area contributed by atoms with E-state index in [0.29, 0.717) is 0 Å². The highest BCUT2D eigenvalue weighted by Gasteiger charge is 2.08. The topological polar surface area (TPSA) is 26.0 Å². The molecule has 0 fully saturated rings. The van der Waals surface area contributed by atoms with Crippen molar-refractivity contribution in [2.45, 2.75) is 4.90 Å². The van der Waals surface area contributed by atoms with Crippen molar-refractivity contribution in [2.75, 3.05) is 5.73 Å². The third-order valence-corrected chi connectivity index (χ3v) is 4.43. The third kappa shape index (κ3) is 2.13. The molecule has 2 heteroatoms. The predicted octanol–water partition coefficient (Wildman–Crippen LogP) is 5.53. The highest BCUT2D eigenvalue weighted by atomic mass is 32.1. The van der Waals surface area contributed by atoms with Crippen LogP contribution in [-0.4, -0.2) is 0 Å². The quantitative estimate of drug-likeness (QED) is 0.351. The first kappa shape index (κ1) is 13.2. The van der Waals surface area contributed by atoms with Gasteiger partial charge in [-0.1, -0.05) is 48.5 Å². The fourth-order valence-electron chi connectivity index (χ4n) is 2.98. The third-order valence-electron chi connectivity index (χ3n) is 4.06. The Kier molecular flexibility index (Phi) is 3.05. The smallest absolute Gasteiger partial charge is 0.0320 e. The summed E-state index contributed by atoms with van der Waals surface area (Å²) in [4.78, 5) is 0.967. The van der Waals surface area contributed by atoms with E-state index in [2.05, 4.69) is 60.7 Å². The molecule has 22 heavy (non-hydrogen) atoms. The number of anilines is 1. The monoisotopic (exact) mass is 301 g/mol. The minimum atomic E-state index is 0.776. The normalized spacial score (nSPS) is 11.1. The molecule has 0 spiro atoms. The molecule has 0 aliphatic carbocycles. The summed E-state index contributed by atoms with van der Waals surface area (Å²) in [6.07, 6.45) is 0. The lowest BCUT2D eigenvalue weighted by atomic mass is 9.96. The van der Waals surface area contributed by atoms with E-state index in [0.717, 1.165) is 21.5 Å². The fourth-order valence-corrected chi connectivity index (χ4v) is 3.30. The van der Waals surface area contributed by atoms with Crippen LogP contribution in [0.2, 0.25) is 0 Å². The van der Waals surface area contributed by atoms with Gasteiger partial charge in [0.25, 0.3) is 0 Å². The van der Waals surface area contributed by atoms with Crippen LogP contribution >= 0.6 is 12.6 Å².